The van der Waals surface area contributed by atoms with Crippen LogP contribution in [-0.2, 0) is 22.4 Å². The standard InChI is InChI=1S/C14H18N2O2/c1-9(17)15-13-5-4-11-7-14(8-12(11)6-13)16(3)10(2)18/h4-6,14H,7-8H2,1-3H3,(H,15,17). The van der Waals surface area contributed by atoms with Crippen LogP contribution in [0.15, 0.2) is 18.2 Å². The van der Waals surface area contributed by atoms with Crippen molar-refractivity contribution >= 4 is 17.5 Å². The molecule has 1 aromatic carbocycles. The van der Waals surface area contributed by atoms with Crippen LogP contribution in [-0.4, -0.2) is 29.8 Å². The van der Waals surface area contributed by atoms with E-state index in [9.17, 15) is 9.59 Å². The van der Waals surface area contributed by atoms with Crippen molar-refractivity contribution in [3.8, 4) is 0 Å². The van der Waals surface area contributed by atoms with Gasteiger partial charge in [-0.2, -0.15) is 0 Å². The molecule has 1 aliphatic rings. The van der Waals surface area contributed by atoms with Crippen molar-refractivity contribution in [1.29, 1.82) is 0 Å². The molecule has 1 atom stereocenters. The van der Waals surface area contributed by atoms with Crippen LogP contribution < -0.4 is 5.32 Å². The van der Waals surface area contributed by atoms with Gasteiger partial charge in [-0.1, -0.05) is 6.07 Å². The molecule has 1 unspecified atom stereocenters. The second-order valence-corrected chi connectivity index (χ2v) is 4.86. The van der Waals surface area contributed by atoms with Crippen molar-refractivity contribution in [3.63, 3.8) is 0 Å². The maximum atomic E-state index is 11.4. The predicted molar refractivity (Wildman–Crippen MR) is 70.4 cm³/mol. The molecule has 0 radical (unpaired) electrons. The molecule has 0 fully saturated rings. The Balaban J connectivity index is 2.15. The number of fused-ring (bicyclic) bond motifs is 1. The molecule has 4 heteroatoms. The van der Waals surface area contributed by atoms with Gasteiger partial charge in [0.05, 0.1) is 0 Å². The van der Waals surface area contributed by atoms with Crippen molar-refractivity contribution in [2.24, 2.45) is 0 Å². The number of nitrogens with one attached hydrogen (secondary N) is 1. The zero-order valence-electron chi connectivity index (χ0n) is 11.0. The summed E-state index contributed by atoms with van der Waals surface area (Å²) in [5, 5.41) is 2.78. The molecule has 0 aliphatic heterocycles. The van der Waals surface area contributed by atoms with E-state index in [1.165, 1.54) is 18.1 Å². The van der Waals surface area contributed by atoms with Gasteiger partial charge in [0.25, 0.3) is 0 Å². The van der Waals surface area contributed by atoms with Crippen molar-refractivity contribution in [1.82, 2.24) is 4.90 Å². The van der Waals surface area contributed by atoms with Gasteiger partial charge in [-0.15, -0.1) is 0 Å². The molecule has 1 aromatic rings. The topological polar surface area (TPSA) is 49.4 Å². The van der Waals surface area contributed by atoms with Crippen LogP contribution in [0.25, 0.3) is 0 Å². The Labute approximate surface area is 107 Å². The number of anilines is 1. The smallest absolute Gasteiger partial charge is 0.221 e. The van der Waals surface area contributed by atoms with E-state index in [2.05, 4.69) is 5.32 Å². The van der Waals surface area contributed by atoms with Gasteiger partial charge in [-0.05, 0) is 36.1 Å². The molecule has 1 N–H and O–H groups in total. The number of amides is 2. The van der Waals surface area contributed by atoms with Gasteiger partial charge in [-0.25, -0.2) is 0 Å². The normalized spacial score (nSPS) is 17.2. The average molecular weight is 246 g/mol. The summed E-state index contributed by atoms with van der Waals surface area (Å²) in [4.78, 5) is 24.2. The maximum Gasteiger partial charge on any atom is 0.221 e. The van der Waals surface area contributed by atoms with Crippen LogP contribution in [0.1, 0.15) is 25.0 Å². The Morgan fingerprint density at radius 3 is 2.50 bits per heavy atom. The molecule has 2 amide bonds. The minimum Gasteiger partial charge on any atom is -0.342 e. The lowest BCUT2D eigenvalue weighted by atomic mass is 10.1. The number of carbonyl (C=O) groups excluding carboxylic acids is 2. The lowest BCUT2D eigenvalue weighted by Gasteiger charge is -2.22. The van der Waals surface area contributed by atoms with Crippen LogP contribution in [0.3, 0.4) is 0 Å². The van der Waals surface area contributed by atoms with Gasteiger partial charge in [0.2, 0.25) is 11.8 Å². The Morgan fingerprint density at radius 1 is 1.22 bits per heavy atom. The van der Waals surface area contributed by atoms with Gasteiger partial charge in [0.1, 0.15) is 0 Å². The summed E-state index contributed by atoms with van der Waals surface area (Å²) < 4.78 is 0. The van der Waals surface area contributed by atoms with Crippen LogP contribution in [0.5, 0.6) is 0 Å². The van der Waals surface area contributed by atoms with E-state index in [1.54, 1.807) is 11.8 Å². The first-order chi connectivity index (χ1) is 8.47. The molecule has 0 saturated carbocycles. The monoisotopic (exact) mass is 246 g/mol. The molecule has 2 rings (SSSR count). The van der Waals surface area contributed by atoms with Crippen LogP contribution in [0, 0.1) is 0 Å². The molecule has 0 saturated heterocycles. The second kappa shape index (κ2) is 4.80. The number of nitrogens with zero attached hydrogens (tertiary/aromatic N) is 1. The SMILES string of the molecule is CC(=O)Nc1ccc2c(c1)CC(N(C)C(C)=O)C2. The minimum atomic E-state index is -0.0645. The summed E-state index contributed by atoms with van der Waals surface area (Å²) in [6.45, 7) is 3.09. The van der Waals surface area contributed by atoms with Crippen molar-refractivity contribution in [3.05, 3.63) is 29.3 Å². The molecule has 0 bridgehead atoms. The van der Waals surface area contributed by atoms with Crippen LogP contribution in [0.4, 0.5) is 5.69 Å². The summed E-state index contributed by atoms with van der Waals surface area (Å²) in [7, 11) is 1.84. The Kier molecular flexibility index (Phi) is 3.36. The molecule has 4 nitrogen and oxygen atoms in total. The molecule has 0 aromatic heterocycles. The third kappa shape index (κ3) is 2.53. The fourth-order valence-electron chi connectivity index (χ4n) is 2.41. The fourth-order valence-corrected chi connectivity index (χ4v) is 2.41. The van der Waals surface area contributed by atoms with E-state index in [-0.39, 0.29) is 17.9 Å². The van der Waals surface area contributed by atoms with E-state index in [0.717, 1.165) is 18.5 Å². The zero-order valence-corrected chi connectivity index (χ0v) is 11.0. The largest absolute Gasteiger partial charge is 0.342 e. The summed E-state index contributed by atoms with van der Waals surface area (Å²) in [5.41, 5.74) is 3.31. The molecule has 1 aliphatic carbocycles. The van der Waals surface area contributed by atoms with Gasteiger partial charge < -0.3 is 10.2 Å². The number of hydrogen-bond donors (Lipinski definition) is 1. The molecular weight excluding hydrogens is 228 g/mol. The van der Waals surface area contributed by atoms with E-state index in [4.69, 9.17) is 0 Å². The first kappa shape index (κ1) is 12.6. The Bertz CT molecular complexity index is 497. The molecule has 18 heavy (non-hydrogen) atoms. The lowest BCUT2D eigenvalue weighted by Crippen LogP contribution is -2.35. The fraction of sp³-hybridized carbons (Fsp3) is 0.429. The summed E-state index contributed by atoms with van der Waals surface area (Å²) in [5.74, 6) is 0.0280. The summed E-state index contributed by atoms with van der Waals surface area (Å²) in [6.07, 6.45) is 1.75. The highest BCUT2D eigenvalue weighted by Gasteiger charge is 2.26. The van der Waals surface area contributed by atoms with Gasteiger partial charge in [0.15, 0.2) is 0 Å². The first-order valence-electron chi connectivity index (χ1n) is 6.10. The Morgan fingerprint density at radius 2 is 1.89 bits per heavy atom. The van der Waals surface area contributed by atoms with E-state index < -0.39 is 0 Å². The maximum absolute atomic E-state index is 11.4. The van der Waals surface area contributed by atoms with Crippen molar-refractivity contribution in [2.45, 2.75) is 32.7 Å². The number of benzene rings is 1. The van der Waals surface area contributed by atoms with E-state index in [1.807, 2.05) is 25.2 Å². The summed E-state index contributed by atoms with van der Waals surface area (Å²) in [6, 6.07) is 6.19. The summed E-state index contributed by atoms with van der Waals surface area (Å²) >= 11 is 0. The highest BCUT2D eigenvalue weighted by atomic mass is 16.2. The average Bonchev–Trinajstić information content (AvgIpc) is 2.69. The van der Waals surface area contributed by atoms with Crippen molar-refractivity contribution < 1.29 is 9.59 Å². The van der Waals surface area contributed by atoms with Crippen LogP contribution >= 0.6 is 0 Å². The molecule has 0 heterocycles. The molecular formula is C14H18N2O2. The van der Waals surface area contributed by atoms with Crippen LogP contribution in [0.2, 0.25) is 0 Å². The third-order valence-electron chi connectivity index (χ3n) is 3.48. The Hall–Kier alpha value is -1.84. The highest BCUT2D eigenvalue weighted by Crippen LogP contribution is 2.27. The second-order valence-electron chi connectivity index (χ2n) is 4.86. The number of likely N-dealkylation sites (N-methyl/N-ethyl adjacent to an activating group) is 1. The number of hydrogen-bond acceptors (Lipinski definition) is 2. The molecule has 96 valence electrons. The van der Waals surface area contributed by atoms with Gasteiger partial charge in [-0.3, -0.25) is 9.59 Å². The minimum absolute atomic E-state index is 0.0645. The highest BCUT2D eigenvalue weighted by molar-refractivity contribution is 5.88. The lowest BCUT2D eigenvalue weighted by molar-refractivity contribution is -0.129. The third-order valence-corrected chi connectivity index (χ3v) is 3.48. The van der Waals surface area contributed by atoms with Crippen molar-refractivity contribution in [2.75, 3.05) is 12.4 Å². The zero-order chi connectivity index (χ0) is 13.3. The van der Waals surface area contributed by atoms with Gasteiger partial charge >= 0.3 is 0 Å². The molecule has 0 spiro atoms. The van der Waals surface area contributed by atoms with Gasteiger partial charge in [0, 0.05) is 32.6 Å². The number of rotatable bonds is 2. The quantitative estimate of drug-likeness (QED) is 0.861. The van der Waals surface area contributed by atoms with E-state index in [0.29, 0.717) is 0 Å². The first-order valence-corrected chi connectivity index (χ1v) is 6.10. The van der Waals surface area contributed by atoms with E-state index >= 15 is 0 Å². The predicted octanol–water partition coefficient (Wildman–Crippen LogP) is 1.59. The number of carbonyl (C=O) groups is 2.